The van der Waals surface area contributed by atoms with Crippen LogP contribution in [0.5, 0.6) is 0 Å². The maximum Gasteiger partial charge on any atom is 0.231 e. The van der Waals surface area contributed by atoms with E-state index in [0.29, 0.717) is 4.83 Å². The molecule has 0 spiro atoms. The zero-order chi connectivity index (χ0) is 11.8. The standard InChI is InChI=1S/C12H14BrNOS/c1-12(7-10(12)13)11(15)14-8-3-5-9(16-2)6-4-8/h3-6,10H,7H2,1-2H3,(H,14,15). The fraction of sp³-hybridized carbons (Fsp3) is 0.417. The lowest BCUT2D eigenvalue weighted by atomic mass is 10.1. The van der Waals surface area contributed by atoms with Gasteiger partial charge >= 0.3 is 0 Å². The molecule has 2 atom stereocenters. The van der Waals surface area contributed by atoms with Crippen molar-refractivity contribution in [2.45, 2.75) is 23.1 Å². The summed E-state index contributed by atoms with van der Waals surface area (Å²) in [6, 6.07) is 7.92. The molecule has 0 radical (unpaired) electrons. The molecule has 0 bridgehead atoms. The largest absolute Gasteiger partial charge is 0.326 e. The summed E-state index contributed by atoms with van der Waals surface area (Å²) in [5, 5.41) is 2.95. The van der Waals surface area contributed by atoms with E-state index in [2.05, 4.69) is 21.2 Å². The van der Waals surface area contributed by atoms with Crippen LogP contribution in [0.25, 0.3) is 0 Å². The third-order valence-electron chi connectivity index (χ3n) is 3.00. The van der Waals surface area contributed by atoms with E-state index in [4.69, 9.17) is 0 Å². The summed E-state index contributed by atoms with van der Waals surface area (Å²) in [5.41, 5.74) is 0.647. The molecule has 0 aromatic heterocycles. The van der Waals surface area contributed by atoms with Gasteiger partial charge in [-0.2, -0.15) is 0 Å². The number of carbonyl (C=O) groups excluding carboxylic acids is 1. The zero-order valence-electron chi connectivity index (χ0n) is 9.29. The minimum Gasteiger partial charge on any atom is -0.326 e. The average molecular weight is 300 g/mol. The van der Waals surface area contributed by atoms with Gasteiger partial charge in [-0.3, -0.25) is 4.79 Å². The third kappa shape index (κ3) is 2.28. The molecule has 1 aliphatic rings. The van der Waals surface area contributed by atoms with Crippen molar-refractivity contribution in [3.05, 3.63) is 24.3 Å². The third-order valence-corrected chi connectivity index (χ3v) is 5.08. The molecule has 16 heavy (non-hydrogen) atoms. The summed E-state index contributed by atoms with van der Waals surface area (Å²) in [5.74, 6) is 0.103. The first kappa shape index (κ1) is 12.0. The Morgan fingerprint density at radius 1 is 1.50 bits per heavy atom. The first-order valence-electron chi connectivity index (χ1n) is 5.16. The summed E-state index contributed by atoms with van der Waals surface area (Å²) < 4.78 is 0. The molecule has 1 fully saturated rings. The van der Waals surface area contributed by atoms with Crippen molar-refractivity contribution >= 4 is 39.3 Å². The maximum absolute atomic E-state index is 11.9. The van der Waals surface area contributed by atoms with Crippen LogP contribution < -0.4 is 5.32 Å². The Morgan fingerprint density at radius 3 is 2.50 bits per heavy atom. The summed E-state index contributed by atoms with van der Waals surface area (Å²) in [7, 11) is 0. The van der Waals surface area contributed by atoms with Gasteiger partial charge in [-0.15, -0.1) is 11.8 Å². The van der Waals surface area contributed by atoms with Crippen molar-refractivity contribution in [1.29, 1.82) is 0 Å². The van der Waals surface area contributed by atoms with Crippen molar-refractivity contribution in [2.24, 2.45) is 5.41 Å². The number of carbonyl (C=O) groups is 1. The molecular formula is C12H14BrNOS. The van der Waals surface area contributed by atoms with E-state index < -0.39 is 0 Å². The lowest BCUT2D eigenvalue weighted by Gasteiger charge is -2.10. The second-order valence-electron chi connectivity index (χ2n) is 4.27. The second-order valence-corrected chi connectivity index (χ2v) is 6.26. The first-order chi connectivity index (χ1) is 7.56. The molecule has 1 aliphatic carbocycles. The van der Waals surface area contributed by atoms with Crippen molar-refractivity contribution in [3.8, 4) is 0 Å². The fourth-order valence-electron chi connectivity index (χ4n) is 1.50. The van der Waals surface area contributed by atoms with Crippen LogP contribution in [0, 0.1) is 5.41 Å². The molecular weight excluding hydrogens is 286 g/mol. The summed E-state index contributed by atoms with van der Waals surface area (Å²) in [6.45, 7) is 1.98. The predicted octanol–water partition coefficient (Wildman–Crippen LogP) is 3.52. The molecule has 0 aliphatic heterocycles. The van der Waals surface area contributed by atoms with Gasteiger partial charge in [0, 0.05) is 15.4 Å². The Kier molecular flexibility index (Phi) is 3.31. The first-order valence-corrected chi connectivity index (χ1v) is 7.30. The number of hydrogen-bond donors (Lipinski definition) is 1. The molecule has 1 N–H and O–H groups in total. The number of amides is 1. The van der Waals surface area contributed by atoms with Crippen molar-refractivity contribution in [3.63, 3.8) is 0 Å². The van der Waals surface area contributed by atoms with Crippen molar-refractivity contribution < 1.29 is 4.79 Å². The highest BCUT2D eigenvalue weighted by atomic mass is 79.9. The number of hydrogen-bond acceptors (Lipinski definition) is 2. The molecule has 86 valence electrons. The van der Waals surface area contributed by atoms with Gasteiger partial charge in [0.2, 0.25) is 5.91 Å². The van der Waals surface area contributed by atoms with E-state index in [9.17, 15) is 4.79 Å². The summed E-state index contributed by atoms with van der Waals surface area (Å²) >= 11 is 5.17. The van der Waals surface area contributed by atoms with Crippen LogP contribution in [0.1, 0.15) is 13.3 Å². The molecule has 1 aromatic rings. The number of nitrogens with one attached hydrogen (secondary N) is 1. The average Bonchev–Trinajstić information content (AvgIpc) is 2.89. The summed E-state index contributed by atoms with van der Waals surface area (Å²) in [4.78, 5) is 13.4. The number of alkyl halides is 1. The highest BCUT2D eigenvalue weighted by Crippen LogP contribution is 2.51. The van der Waals surface area contributed by atoms with Gasteiger partial charge in [0.05, 0.1) is 5.41 Å². The van der Waals surface area contributed by atoms with E-state index in [1.165, 1.54) is 4.90 Å². The second kappa shape index (κ2) is 4.41. The van der Waals surface area contributed by atoms with Gasteiger partial charge in [-0.1, -0.05) is 15.9 Å². The molecule has 2 rings (SSSR count). The minimum atomic E-state index is -0.224. The lowest BCUT2D eigenvalue weighted by Crippen LogP contribution is -2.23. The molecule has 1 amide bonds. The van der Waals surface area contributed by atoms with Crippen LogP contribution in [0.4, 0.5) is 5.69 Å². The Labute approximate surface area is 108 Å². The minimum absolute atomic E-state index is 0.103. The van der Waals surface area contributed by atoms with Crippen LogP contribution in [-0.4, -0.2) is 17.0 Å². The Morgan fingerprint density at radius 2 is 2.06 bits per heavy atom. The molecule has 2 nitrogen and oxygen atoms in total. The molecule has 1 aromatic carbocycles. The number of halogens is 1. The van der Waals surface area contributed by atoms with Crippen LogP contribution in [-0.2, 0) is 4.79 Å². The highest BCUT2D eigenvalue weighted by molar-refractivity contribution is 9.09. The van der Waals surface area contributed by atoms with Gasteiger partial charge in [0.25, 0.3) is 0 Å². The van der Waals surface area contributed by atoms with E-state index in [0.717, 1.165) is 12.1 Å². The smallest absolute Gasteiger partial charge is 0.231 e. The number of rotatable bonds is 3. The van der Waals surface area contributed by atoms with E-state index in [1.807, 2.05) is 37.4 Å². The predicted molar refractivity (Wildman–Crippen MR) is 72.3 cm³/mol. The van der Waals surface area contributed by atoms with Gasteiger partial charge in [0.1, 0.15) is 0 Å². The number of thioether (sulfide) groups is 1. The highest BCUT2D eigenvalue weighted by Gasteiger charge is 2.54. The number of anilines is 1. The van der Waals surface area contributed by atoms with Gasteiger partial charge in [-0.25, -0.2) is 0 Å². The molecule has 0 saturated heterocycles. The molecule has 0 heterocycles. The van der Waals surface area contributed by atoms with Crippen LogP contribution >= 0.6 is 27.7 Å². The normalized spacial score (nSPS) is 27.6. The van der Waals surface area contributed by atoms with Gasteiger partial charge < -0.3 is 5.32 Å². The van der Waals surface area contributed by atoms with E-state index in [1.54, 1.807) is 11.8 Å². The summed E-state index contributed by atoms with van der Waals surface area (Å²) in [6.07, 6.45) is 2.95. The Bertz CT molecular complexity index is 406. The monoisotopic (exact) mass is 299 g/mol. The maximum atomic E-state index is 11.9. The zero-order valence-corrected chi connectivity index (χ0v) is 11.7. The number of benzene rings is 1. The van der Waals surface area contributed by atoms with Gasteiger partial charge in [-0.05, 0) is 43.9 Å². The van der Waals surface area contributed by atoms with Crippen LogP contribution in [0.15, 0.2) is 29.2 Å². The Hall–Kier alpha value is -0.480. The van der Waals surface area contributed by atoms with E-state index in [-0.39, 0.29) is 11.3 Å². The topological polar surface area (TPSA) is 29.1 Å². The van der Waals surface area contributed by atoms with Crippen LogP contribution in [0.2, 0.25) is 0 Å². The fourth-order valence-corrected chi connectivity index (χ4v) is 2.79. The molecule has 1 saturated carbocycles. The van der Waals surface area contributed by atoms with E-state index >= 15 is 0 Å². The SMILES string of the molecule is CSc1ccc(NC(=O)C2(C)CC2Br)cc1. The lowest BCUT2D eigenvalue weighted by molar-refractivity contribution is -0.120. The van der Waals surface area contributed by atoms with Gasteiger partial charge in [0.15, 0.2) is 0 Å². The van der Waals surface area contributed by atoms with Crippen LogP contribution in [0.3, 0.4) is 0 Å². The molecule has 2 unspecified atom stereocenters. The van der Waals surface area contributed by atoms with Crippen molar-refractivity contribution in [1.82, 2.24) is 0 Å². The Balaban J connectivity index is 2.01. The quantitative estimate of drug-likeness (QED) is 0.683. The van der Waals surface area contributed by atoms with Crippen molar-refractivity contribution in [2.75, 3.05) is 11.6 Å². The molecule has 4 heteroatoms.